The lowest BCUT2D eigenvalue weighted by Crippen LogP contribution is -2.36. The van der Waals surface area contributed by atoms with Gasteiger partial charge in [-0.05, 0) is 17.7 Å². The van der Waals surface area contributed by atoms with E-state index in [2.05, 4.69) is 47.9 Å². The number of fused-ring (bicyclic) bond motifs is 1. The molecule has 4 rings (SSSR count). The fraction of sp³-hybridized carbons (Fsp3) is 0.250. The van der Waals surface area contributed by atoms with Gasteiger partial charge in [-0.2, -0.15) is 0 Å². The Bertz CT molecular complexity index is 811. The van der Waals surface area contributed by atoms with Crippen LogP contribution in [0.3, 0.4) is 0 Å². The number of hydrogen-bond donors (Lipinski definition) is 1. The summed E-state index contributed by atoms with van der Waals surface area (Å²) in [5.74, 6) is 0.976. The second kappa shape index (κ2) is 5.70. The average Bonchev–Trinajstić information content (AvgIpc) is 3.00. The number of aromatic amines is 1. The number of benzene rings is 1. The van der Waals surface area contributed by atoms with Crippen LogP contribution in [0, 0.1) is 0 Å². The molecule has 22 heavy (non-hydrogen) atoms. The van der Waals surface area contributed by atoms with E-state index in [-0.39, 0.29) is 0 Å². The molecule has 3 aromatic rings. The first-order valence-electron chi connectivity index (χ1n) is 7.23. The van der Waals surface area contributed by atoms with Gasteiger partial charge in [0.15, 0.2) is 0 Å². The predicted molar refractivity (Wildman–Crippen MR) is 90.1 cm³/mol. The summed E-state index contributed by atoms with van der Waals surface area (Å²) in [7, 11) is 0. The minimum absolute atomic E-state index is 0.738. The van der Waals surface area contributed by atoms with Crippen molar-refractivity contribution >= 4 is 32.8 Å². The molecule has 1 aliphatic rings. The summed E-state index contributed by atoms with van der Waals surface area (Å²) in [5, 5.41) is 1.07. The summed E-state index contributed by atoms with van der Waals surface area (Å²) in [6, 6.07) is 8.27. The van der Waals surface area contributed by atoms with Crippen LogP contribution in [0.4, 0.5) is 5.82 Å². The van der Waals surface area contributed by atoms with Crippen molar-refractivity contribution in [3.05, 3.63) is 41.3 Å². The number of ether oxygens (including phenoxy) is 1. The predicted octanol–water partition coefficient (Wildman–Crippen LogP) is 3.22. The average molecular weight is 359 g/mol. The van der Waals surface area contributed by atoms with Crippen LogP contribution in [0.2, 0.25) is 0 Å². The monoisotopic (exact) mass is 358 g/mol. The number of anilines is 1. The zero-order valence-electron chi connectivity index (χ0n) is 11.9. The van der Waals surface area contributed by atoms with Crippen LogP contribution in [0.15, 0.2) is 41.3 Å². The molecule has 1 saturated heterocycles. The molecule has 0 amide bonds. The molecule has 1 aliphatic heterocycles. The van der Waals surface area contributed by atoms with E-state index in [4.69, 9.17) is 4.74 Å². The maximum atomic E-state index is 5.45. The van der Waals surface area contributed by atoms with Gasteiger partial charge in [0, 0.05) is 29.3 Å². The third-order valence-electron chi connectivity index (χ3n) is 3.90. The third-order valence-corrected chi connectivity index (χ3v) is 4.39. The normalized spacial score (nSPS) is 15.4. The van der Waals surface area contributed by atoms with Crippen LogP contribution in [-0.2, 0) is 4.74 Å². The second-order valence-corrected chi connectivity index (χ2v) is 6.15. The minimum atomic E-state index is 0.738. The summed E-state index contributed by atoms with van der Waals surface area (Å²) in [6.07, 6.45) is 3.62. The SMILES string of the molecule is Brc1cccc(-c2c[nH]c3ncnc(N4CCOCC4)c23)c1. The van der Waals surface area contributed by atoms with Gasteiger partial charge in [-0.25, -0.2) is 9.97 Å². The molecule has 3 heterocycles. The Kier molecular flexibility index (Phi) is 3.56. The van der Waals surface area contributed by atoms with Gasteiger partial charge < -0.3 is 14.6 Å². The smallest absolute Gasteiger partial charge is 0.143 e. The van der Waals surface area contributed by atoms with E-state index in [1.54, 1.807) is 6.33 Å². The van der Waals surface area contributed by atoms with Gasteiger partial charge in [0.1, 0.15) is 17.8 Å². The maximum absolute atomic E-state index is 5.45. The summed E-state index contributed by atoms with van der Waals surface area (Å²) in [4.78, 5) is 14.4. The quantitative estimate of drug-likeness (QED) is 0.763. The van der Waals surface area contributed by atoms with E-state index in [1.165, 1.54) is 0 Å². The first-order valence-corrected chi connectivity index (χ1v) is 8.03. The largest absolute Gasteiger partial charge is 0.378 e. The van der Waals surface area contributed by atoms with Gasteiger partial charge in [0.05, 0.1) is 18.6 Å². The molecule has 0 unspecified atom stereocenters. The van der Waals surface area contributed by atoms with Crippen LogP contribution in [-0.4, -0.2) is 41.3 Å². The molecule has 0 radical (unpaired) electrons. The third kappa shape index (κ3) is 2.38. The summed E-state index contributed by atoms with van der Waals surface area (Å²) < 4.78 is 6.51. The van der Waals surface area contributed by atoms with Crippen LogP contribution < -0.4 is 4.90 Å². The van der Waals surface area contributed by atoms with Crippen molar-refractivity contribution in [1.82, 2.24) is 15.0 Å². The molecule has 0 bridgehead atoms. The fourth-order valence-corrected chi connectivity index (χ4v) is 3.24. The molecule has 1 fully saturated rings. The van der Waals surface area contributed by atoms with Crippen LogP contribution in [0.5, 0.6) is 0 Å². The van der Waals surface area contributed by atoms with Crippen molar-refractivity contribution in [1.29, 1.82) is 0 Å². The number of H-pyrrole nitrogens is 1. The number of nitrogens with zero attached hydrogens (tertiary/aromatic N) is 3. The lowest BCUT2D eigenvalue weighted by Gasteiger charge is -2.28. The van der Waals surface area contributed by atoms with Gasteiger partial charge in [-0.3, -0.25) is 0 Å². The zero-order chi connectivity index (χ0) is 14.9. The van der Waals surface area contributed by atoms with Gasteiger partial charge in [-0.15, -0.1) is 0 Å². The molecule has 1 N–H and O–H groups in total. The van der Waals surface area contributed by atoms with E-state index in [1.807, 2.05) is 18.3 Å². The highest BCUT2D eigenvalue weighted by molar-refractivity contribution is 9.10. The number of halogens is 1. The standard InChI is InChI=1S/C16H15BrN4O/c17-12-3-1-2-11(8-12)13-9-18-15-14(13)16(20-10-19-15)21-4-6-22-7-5-21/h1-3,8-10H,4-7H2,(H,18,19,20). The zero-order valence-corrected chi connectivity index (χ0v) is 13.5. The molecule has 5 nitrogen and oxygen atoms in total. The Labute approximate surface area is 136 Å². The van der Waals surface area contributed by atoms with Gasteiger partial charge >= 0.3 is 0 Å². The topological polar surface area (TPSA) is 54.0 Å². The van der Waals surface area contributed by atoms with Gasteiger partial charge in [0.25, 0.3) is 0 Å². The Hall–Kier alpha value is -1.92. The van der Waals surface area contributed by atoms with Gasteiger partial charge in [-0.1, -0.05) is 28.1 Å². The molecule has 1 aromatic carbocycles. The Morgan fingerprint density at radius 1 is 1.18 bits per heavy atom. The number of rotatable bonds is 2. The molecule has 0 atom stereocenters. The molecule has 112 valence electrons. The van der Waals surface area contributed by atoms with E-state index >= 15 is 0 Å². The van der Waals surface area contributed by atoms with Crippen LogP contribution in [0.1, 0.15) is 0 Å². The summed E-state index contributed by atoms with van der Waals surface area (Å²) in [5.41, 5.74) is 3.13. The lowest BCUT2D eigenvalue weighted by molar-refractivity contribution is 0.122. The second-order valence-electron chi connectivity index (χ2n) is 5.23. The van der Waals surface area contributed by atoms with E-state index in [9.17, 15) is 0 Å². The molecule has 0 spiro atoms. The summed E-state index contributed by atoms with van der Waals surface area (Å²) >= 11 is 3.54. The van der Waals surface area contributed by atoms with E-state index in [0.29, 0.717) is 0 Å². The van der Waals surface area contributed by atoms with Crippen molar-refractivity contribution < 1.29 is 4.74 Å². The molecule has 0 saturated carbocycles. The highest BCUT2D eigenvalue weighted by Crippen LogP contribution is 2.34. The Balaban J connectivity index is 1.89. The highest BCUT2D eigenvalue weighted by atomic mass is 79.9. The number of nitrogens with one attached hydrogen (secondary N) is 1. The summed E-state index contributed by atoms with van der Waals surface area (Å²) in [6.45, 7) is 3.19. The highest BCUT2D eigenvalue weighted by Gasteiger charge is 2.19. The maximum Gasteiger partial charge on any atom is 0.143 e. The molecule has 0 aliphatic carbocycles. The first-order chi connectivity index (χ1) is 10.8. The van der Waals surface area contributed by atoms with E-state index in [0.717, 1.165) is 58.8 Å². The number of aromatic nitrogens is 3. The van der Waals surface area contributed by atoms with E-state index < -0.39 is 0 Å². The number of morpholine rings is 1. The lowest BCUT2D eigenvalue weighted by atomic mass is 10.1. The molecular formula is C16H15BrN4O. The molecule has 2 aromatic heterocycles. The van der Waals surface area contributed by atoms with Crippen molar-refractivity contribution in [3.63, 3.8) is 0 Å². The fourth-order valence-electron chi connectivity index (χ4n) is 2.85. The molecule has 6 heteroatoms. The van der Waals surface area contributed by atoms with Crippen LogP contribution >= 0.6 is 15.9 Å². The molecular weight excluding hydrogens is 344 g/mol. The van der Waals surface area contributed by atoms with Crippen molar-refractivity contribution in [3.8, 4) is 11.1 Å². The van der Waals surface area contributed by atoms with Gasteiger partial charge in [0.2, 0.25) is 0 Å². The van der Waals surface area contributed by atoms with Crippen molar-refractivity contribution in [2.24, 2.45) is 0 Å². The van der Waals surface area contributed by atoms with Crippen molar-refractivity contribution in [2.45, 2.75) is 0 Å². The minimum Gasteiger partial charge on any atom is -0.378 e. The Morgan fingerprint density at radius 2 is 2.05 bits per heavy atom. The first kappa shape index (κ1) is 13.7. The Morgan fingerprint density at radius 3 is 2.86 bits per heavy atom. The van der Waals surface area contributed by atoms with Crippen molar-refractivity contribution in [2.75, 3.05) is 31.2 Å². The number of hydrogen-bond acceptors (Lipinski definition) is 4. The van der Waals surface area contributed by atoms with Crippen LogP contribution in [0.25, 0.3) is 22.2 Å².